The number of hydrogen-bond donors (Lipinski definition) is 1. The summed E-state index contributed by atoms with van der Waals surface area (Å²) in [5.41, 5.74) is 8.07. The number of nitrogens with two attached hydrogens (primary N) is 1. The van der Waals surface area contributed by atoms with Gasteiger partial charge in [0.25, 0.3) is 5.91 Å². The van der Waals surface area contributed by atoms with Crippen molar-refractivity contribution in [1.82, 2.24) is 9.55 Å². The van der Waals surface area contributed by atoms with Crippen LogP contribution in [-0.4, -0.2) is 22.0 Å². The summed E-state index contributed by atoms with van der Waals surface area (Å²) in [6.45, 7) is 2.53. The van der Waals surface area contributed by atoms with Crippen molar-refractivity contribution in [2.75, 3.05) is 6.54 Å². The molecule has 0 radical (unpaired) electrons. The first-order chi connectivity index (χ1) is 8.20. The normalized spacial score (nSPS) is 10.5. The van der Waals surface area contributed by atoms with Crippen LogP contribution in [0.25, 0.3) is 0 Å². The van der Waals surface area contributed by atoms with Crippen LogP contribution in [0.1, 0.15) is 21.6 Å². The molecule has 0 aliphatic rings. The van der Waals surface area contributed by atoms with Crippen molar-refractivity contribution in [3.8, 4) is 0 Å². The fourth-order valence-electron chi connectivity index (χ4n) is 1.60. The van der Waals surface area contributed by atoms with Gasteiger partial charge in [-0.15, -0.1) is 0 Å². The second-order valence-electron chi connectivity index (χ2n) is 3.98. The van der Waals surface area contributed by atoms with Gasteiger partial charge in [0.1, 0.15) is 6.33 Å². The standard InChI is InChI=1S/C13H15N3O/c1-10-2-4-11(5-3-10)13(17)16-8-12(6-7-14)15-9-16/h2-5,8-9H,6-7,14H2,1H3. The Bertz CT molecular complexity index is 514. The Balaban J connectivity index is 2.21. The van der Waals surface area contributed by atoms with Gasteiger partial charge in [-0.05, 0) is 25.6 Å². The largest absolute Gasteiger partial charge is 0.330 e. The van der Waals surface area contributed by atoms with Crippen molar-refractivity contribution < 1.29 is 4.79 Å². The van der Waals surface area contributed by atoms with Crippen LogP contribution in [0.3, 0.4) is 0 Å². The lowest BCUT2D eigenvalue weighted by atomic mass is 10.1. The summed E-state index contributed by atoms with van der Waals surface area (Å²) in [6.07, 6.45) is 3.95. The van der Waals surface area contributed by atoms with E-state index in [0.717, 1.165) is 11.3 Å². The molecule has 0 atom stereocenters. The zero-order valence-electron chi connectivity index (χ0n) is 9.76. The number of carbonyl (C=O) groups is 1. The zero-order chi connectivity index (χ0) is 12.3. The third-order valence-corrected chi connectivity index (χ3v) is 2.57. The SMILES string of the molecule is Cc1ccc(C(=O)n2cnc(CCN)c2)cc1. The van der Waals surface area contributed by atoms with Crippen molar-refractivity contribution in [3.05, 3.63) is 53.6 Å². The van der Waals surface area contributed by atoms with E-state index in [1.807, 2.05) is 31.2 Å². The molecule has 4 heteroatoms. The molecule has 4 nitrogen and oxygen atoms in total. The number of hydrogen-bond acceptors (Lipinski definition) is 3. The van der Waals surface area contributed by atoms with Crippen LogP contribution >= 0.6 is 0 Å². The van der Waals surface area contributed by atoms with E-state index in [1.54, 1.807) is 6.20 Å². The lowest BCUT2D eigenvalue weighted by molar-refractivity contribution is 0.0959. The maximum absolute atomic E-state index is 12.1. The first-order valence-electron chi connectivity index (χ1n) is 5.55. The van der Waals surface area contributed by atoms with Gasteiger partial charge in [-0.25, -0.2) is 4.98 Å². The van der Waals surface area contributed by atoms with E-state index in [-0.39, 0.29) is 5.91 Å². The molecule has 0 bridgehead atoms. The van der Waals surface area contributed by atoms with E-state index in [1.165, 1.54) is 10.9 Å². The van der Waals surface area contributed by atoms with Gasteiger partial charge >= 0.3 is 0 Å². The summed E-state index contributed by atoms with van der Waals surface area (Å²) in [6, 6.07) is 7.48. The zero-order valence-corrected chi connectivity index (χ0v) is 9.76. The second-order valence-corrected chi connectivity index (χ2v) is 3.98. The molecule has 0 aliphatic carbocycles. The highest BCUT2D eigenvalue weighted by Gasteiger charge is 2.08. The van der Waals surface area contributed by atoms with E-state index >= 15 is 0 Å². The fourth-order valence-corrected chi connectivity index (χ4v) is 1.60. The van der Waals surface area contributed by atoms with Gasteiger partial charge in [0.2, 0.25) is 0 Å². The van der Waals surface area contributed by atoms with Crippen LogP contribution in [-0.2, 0) is 6.42 Å². The maximum atomic E-state index is 12.1. The summed E-state index contributed by atoms with van der Waals surface area (Å²) in [7, 11) is 0. The second kappa shape index (κ2) is 4.93. The molecule has 0 saturated carbocycles. The Morgan fingerprint density at radius 1 is 1.35 bits per heavy atom. The van der Waals surface area contributed by atoms with Crippen LogP contribution in [0.4, 0.5) is 0 Å². The molecule has 2 rings (SSSR count). The van der Waals surface area contributed by atoms with Gasteiger partial charge < -0.3 is 5.73 Å². The highest BCUT2D eigenvalue weighted by atomic mass is 16.2. The van der Waals surface area contributed by atoms with Crippen molar-refractivity contribution >= 4 is 5.91 Å². The lowest BCUT2D eigenvalue weighted by Gasteiger charge is -2.01. The summed E-state index contributed by atoms with van der Waals surface area (Å²) in [4.78, 5) is 16.2. The third-order valence-electron chi connectivity index (χ3n) is 2.57. The number of rotatable bonds is 3. The molecule has 2 N–H and O–H groups in total. The monoisotopic (exact) mass is 229 g/mol. The van der Waals surface area contributed by atoms with Crippen LogP contribution < -0.4 is 5.73 Å². The van der Waals surface area contributed by atoms with Crippen LogP contribution in [0, 0.1) is 6.92 Å². The molecule has 1 aromatic carbocycles. The first-order valence-corrected chi connectivity index (χ1v) is 5.55. The Labute approximate surface area is 100 Å². The number of aryl methyl sites for hydroxylation is 1. The number of carbonyl (C=O) groups excluding carboxylic acids is 1. The lowest BCUT2D eigenvalue weighted by Crippen LogP contribution is -2.09. The van der Waals surface area contributed by atoms with Crippen molar-refractivity contribution in [3.63, 3.8) is 0 Å². The highest BCUT2D eigenvalue weighted by Crippen LogP contribution is 2.06. The summed E-state index contributed by atoms with van der Waals surface area (Å²) in [5, 5.41) is 0. The molecule has 0 spiro atoms. The Morgan fingerprint density at radius 3 is 2.71 bits per heavy atom. The summed E-state index contributed by atoms with van der Waals surface area (Å²) in [5.74, 6) is -0.0687. The predicted octanol–water partition coefficient (Wildman–Crippen LogP) is 1.38. The number of nitrogens with zero attached hydrogens (tertiary/aromatic N) is 2. The maximum Gasteiger partial charge on any atom is 0.263 e. The molecule has 88 valence electrons. The topological polar surface area (TPSA) is 60.9 Å². The molecule has 0 saturated heterocycles. The first kappa shape index (κ1) is 11.5. The van der Waals surface area contributed by atoms with Gasteiger partial charge in [0.05, 0.1) is 5.69 Å². The third kappa shape index (κ3) is 2.60. The Kier molecular flexibility index (Phi) is 3.35. The fraction of sp³-hybridized carbons (Fsp3) is 0.231. The van der Waals surface area contributed by atoms with Crippen molar-refractivity contribution in [2.24, 2.45) is 5.73 Å². The molecule has 1 heterocycles. The number of benzene rings is 1. The van der Waals surface area contributed by atoms with Crippen molar-refractivity contribution in [1.29, 1.82) is 0 Å². The predicted molar refractivity (Wildman–Crippen MR) is 65.9 cm³/mol. The minimum atomic E-state index is -0.0687. The van der Waals surface area contributed by atoms with Gasteiger partial charge in [0.15, 0.2) is 0 Å². The van der Waals surface area contributed by atoms with E-state index in [4.69, 9.17) is 5.73 Å². The summed E-state index contributed by atoms with van der Waals surface area (Å²) >= 11 is 0. The van der Waals surface area contributed by atoms with Gasteiger partial charge in [-0.1, -0.05) is 17.7 Å². The quantitative estimate of drug-likeness (QED) is 0.865. The molecule has 2 aromatic rings. The smallest absolute Gasteiger partial charge is 0.263 e. The van der Waals surface area contributed by atoms with E-state index in [2.05, 4.69) is 4.98 Å². The van der Waals surface area contributed by atoms with Crippen LogP contribution in [0.5, 0.6) is 0 Å². The highest BCUT2D eigenvalue weighted by molar-refractivity contribution is 5.95. The minimum absolute atomic E-state index is 0.0687. The average molecular weight is 229 g/mol. The van der Waals surface area contributed by atoms with E-state index < -0.39 is 0 Å². The van der Waals surface area contributed by atoms with Gasteiger partial charge in [0, 0.05) is 18.2 Å². The minimum Gasteiger partial charge on any atom is -0.330 e. The molecule has 17 heavy (non-hydrogen) atoms. The Morgan fingerprint density at radius 2 is 2.06 bits per heavy atom. The molecular formula is C13H15N3O. The van der Waals surface area contributed by atoms with Gasteiger partial charge in [-0.2, -0.15) is 0 Å². The number of imidazole rings is 1. The van der Waals surface area contributed by atoms with Gasteiger partial charge in [-0.3, -0.25) is 9.36 Å². The molecule has 0 amide bonds. The molecular weight excluding hydrogens is 214 g/mol. The summed E-state index contributed by atoms with van der Waals surface area (Å²) < 4.78 is 1.50. The van der Waals surface area contributed by atoms with Crippen molar-refractivity contribution in [2.45, 2.75) is 13.3 Å². The van der Waals surface area contributed by atoms with E-state index in [0.29, 0.717) is 18.5 Å². The average Bonchev–Trinajstić information content (AvgIpc) is 2.78. The Hall–Kier alpha value is -1.94. The molecule has 0 unspecified atom stereocenters. The molecule has 0 fully saturated rings. The molecule has 1 aromatic heterocycles. The molecule has 0 aliphatic heterocycles. The van der Waals surface area contributed by atoms with E-state index in [9.17, 15) is 4.79 Å². The van der Waals surface area contributed by atoms with Crippen LogP contribution in [0.2, 0.25) is 0 Å². The number of aromatic nitrogens is 2. The van der Waals surface area contributed by atoms with Crippen LogP contribution in [0.15, 0.2) is 36.8 Å².